The van der Waals surface area contributed by atoms with Crippen molar-refractivity contribution in [2.24, 2.45) is 0 Å². The molecule has 7 heteroatoms. The van der Waals surface area contributed by atoms with Crippen molar-refractivity contribution >= 4 is 18.0 Å². The van der Waals surface area contributed by atoms with Gasteiger partial charge < -0.3 is 14.8 Å². The molecule has 2 aromatic rings. The van der Waals surface area contributed by atoms with Crippen LogP contribution in [0.1, 0.15) is 11.1 Å². The van der Waals surface area contributed by atoms with Gasteiger partial charge in [0.25, 0.3) is 5.91 Å². The molecule has 3 amide bonds. The number of carbonyl (C=O) groups excluding carboxylic acids is 2. The van der Waals surface area contributed by atoms with Crippen LogP contribution in [0.5, 0.6) is 11.5 Å². The number of carbonyl (C=O) groups is 2. The molecule has 1 heterocycles. The largest absolute Gasteiger partial charge is 0.497 e. The van der Waals surface area contributed by atoms with Gasteiger partial charge in [0.15, 0.2) is 0 Å². The van der Waals surface area contributed by atoms with E-state index in [4.69, 9.17) is 9.47 Å². The van der Waals surface area contributed by atoms with Gasteiger partial charge >= 0.3 is 6.03 Å². The van der Waals surface area contributed by atoms with Crippen molar-refractivity contribution in [1.29, 1.82) is 0 Å². The van der Waals surface area contributed by atoms with Crippen LogP contribution in [0.25, 0.3) is 6.08 Å². The first-order valence-corrected chi connectivity index (χ1v) is 7.44. The lowest BCUT2D eigenvalue weighted by Gasteiger charge is -2.11. The molecule has 0 bridgehead atoms. The highest BCUT2D eigenvalue weighted by Gasteiger charge is 2.23. The monoisotopic (exact) mass is 342 g/mol. The fourth-order valence-corrected chi connectivity index (χ4v) is 2.28. The van der Waals surface area contributed by atoms with Gasteiger partial charge in [-0.2, -0.15) is 0 Å². The molecule has 0 radical (unpaired) electrons. The highest BCUT2D eigenvalue weighted by atomic mass is 19.1. The Bertz CT molecular complexity index is 847. The molecule has 0 saturated carbocycles. The summed E-state index contributed by atoms with van der Waals surface area (Å²) in [6, 6.07) is 10.5. The number of rotatable bonds is 5. The van der Waals surface area contributed by atoms with E-state index in [9.17, 15) is 14.0 Å². The van der Waals surface area contributed by atoms with Crippen molar-refractivity contribution in [2.45, 2.75) is 6.61 Å². The van der Waals surface area contributed by atoms with Gasteiger partial charge in [-0.25, -0.2) is 9.18 Å². The number of hydrogen-bond acceptors (Lipinski definition) is 4. The molecule has 0 aliphatic carbocycles. The quantitative estimate of drug-likeness (QED) is 0.647. The summed E-state index contributed by atoms with van der Waals surface area (Å²) in [6.45, 7) is 0.224. The molecule has 0 spiro atoms. The third-order valence-electron chi connectivity index (χ3n) is 3.54. The van der Waals surface area contributed by atoms with E-state index in [0.717, 1.165) is 5.56 Å². The van der Waals surface area contributed by atoms with E-state index < -0.39 is 11.9 Å². The van der Waals surface area contributed by atoms with Crippen LogP contribution >= 0.6 is 0 Å². The Labute approximate surface area is 143 Å². The van der Waals surface area contributed by atoms with Crippen molar-refractivity contribution in [3.63, 3.8) is 0 Å². The zero-order valence-corrected chi connectivity index (χ0v) is 13.3. The van der Waals surface area contributed by atoms with Crippen LogP contribution in [0.3, 0.4) is 0 Å². The van der Waals surface area contributed by atoms with E-state index in [1.807, 2.05) is 0 Å². The SMILES string of the molecule is COc1ccc(OCc2ccc(F)cc2)c(/C=C2/NC(=O)NC2=O)c1. The number of methoxy groups -OCH3 is 1. The summed E-state index contributed by atoms with van der Waals surface area (Å²) in [6.07, 6.45) is 1.50. The minimum atomic E-state index is -0.576. The Balaban J connectivity index is 1.85. The zero-order valence-electron chi connectivity index (χ0n) is 13.3. The van der Waals surface area contributed by atoms with Crippen LogP contribution in [-0.2, 0) is 11.4 Å². The first-order valence-electron chi connectivity index (χ1n) is 7.44. The molecule has 0 atom stereocenters. The van der Waals surface area contributed by atoms with Gasteiger partial charge in [0.1, 0.15) is 29.6 Å². The van der Waals surface area contributed by atoms with Crippen LogP contribution in [0.4, 0.5) is 9.18 Å². The lowest BCUT2D eigenvalue weighted by molar-refractivity contribution is -0.115. The van der Waals surface area contributed by atoms with Gasteiger partial charge in [-0.15, -0.1) is 0 Å². The van der Waals surface area contributed by atoms with Crippen molar-refractivity contribution in [3.05, 3.63) is 65.1 Å². The van der Waals surface area contributed by atoms with Crippen LogP contribution in [0.15, 0.2) is 48.2 Å². The van der Waals surface area contributed by atoms with Gasteiger partial charge in [-0.3, -0.25) is 10.1 Å². The molecule has 1 fully saturated rings. The van der Waals surface area contributed by atoms with Gasteiger partial charge in [0, 0.05) is 5.56 Å². The summed E-state index contributed by atoms with van der Waals surface area (Å²) in [4.78, 5) is 22.9. The Hall–Kier alpha value is -3.35. The first kappa shape index (κ1) is 16.5. The predicted octanol–water partition coefficient (Wildman–Crippen LogP) is 2.59. The summed E-state index contributed by atoms with van der Waals surface area (Å²) in [5.74, 6) is 0.233. The van der Waals surface area contributed by atoms with E-state index >= 15 is 0 Å². The maximum Gasteiger partial charge on any atom is 0.326 e. The topological polar surface area (TPSA) is 76.7 Å². The first-order chi connectivity index (χ1) is 12.0. The fraction of sp³-hybridized carbons (Fsp3) is 0.111. The van der Waals surface area contributed by atoms with Crippen molar-refractivity contribution in [3.8, 4) is 11.5 Å². The van der Waals surface area contributed by atoms with Crippen molar-refractivity contribution in [2.75, 3.05) is 7.11 Å². The van der Waals surface area contributed by atoms with Crippen molar-refractivity contribution in [1.82, 2.24) is 10.6 Å². The van der Waals surface area contributed by atoms with E-state index in [0.29, 0.717) is 17.1 Å². The Morgan fingerprint density at radius 3 is 2.48 bits per heavy atom. The van der Waals surface area contributed by atoms with E-state index in [-0.39, 0.29) is 18.1 Å². The molecular weight excluding hydrogens is 327 g/mol. The van der Waals surface area contributed by atoms with Crippen LogP contribution in [-0.4, -0.2) is 19.0 Å². The fourth-order valence-electron chi connectivity index (χ4n) is 2.28. The third-order valence-corrected chi connectivity index (χ3v) is 3.54. The number of ether oxygens (including phenoxy) is 2. The Kier molecular flexibility index (Phi) is 4.65. The highest BCUT2D eigenvalue weighted by Crippen LogP contribution is 2.27. The average Bonchev–Trinajstić information content (AvgIpc) is 2.92. The van der Waals surface area contributed by atoms with Gasteiger partial charge in [-0.1, -0.05) is 12.1 Å². The normalized spacial score (nSPS) is 15.0. The summed E-state index contributed by atoms with van der Waals surface area (Å²) >= 11 is 0. The predicted molar refractivity (Wildman–Crippen MR) is 88.4 cm³/mol. The Morgan fingerprint density at radius 2 is 1.84 bits per heavy atom. The molecule has 1 saturated heterocycles. The molecule has 1 aliphatic rings. The molecule has 1 aliphatic heterocycles. The maximum absolute atomic E-state index is 13.0. The minimum absolute atomic E-state index is 0.116. The Morgan fingerprint density at radius 1 is 1.08 bits per heavy atom. The smallest absolute Gasteiger partial charge is 0.326 e. The van der Waals surface area contributed by atoms with Crippen LogP contribution < -0.4 is 20.1 Å². The molecule has 2 N–H and O–H groups in total. The second kappa shape index (κ2) is 7.04. The number of urea groups is 1. The standard InChI is InChI=1S/C18H15FN2O4/c1-24-14-6-7-16(25-10-11-2-4-13(19)5-3-11)12(8-14)9-15-17(22)21-18(23)20-15/h2-9H,10H2,1H3,(H2,20,21,22,23)/b15-9+. The molecule has 128 valence electrons. The van der Waals surface area contributed by atoms with Gasteiger partial charge in [0.2, 0.25) is 0 Å². The van der Waals surface area contributed by atoms with E-state index in [1.165, 1.54) is 25.3 Å². The molecule has 0 unspecified atom stereocenters. The molecule has 2 aromatic carbocycles. The number of hydrogen-bond donors (Lipinski definition) is 2. The highest BCUT2D eigenvalue weighted by molar-refractivity contribution is 6.14. The minimum Gasteiger partial charge on any atom is -0.497 e. The third kappa shape index (κ3) is 3.95. The van der Waals surface area contributed by atoms with E-state index in [2.05, 4.69) is 10.6 Å². The summed E-state index contributed by atoms with van der Waals surface area (Å²) in [5.41, 5.74) is 1.47. The summed E-state index contributed by atoms with van der Waals surface area (Å²) in [5, 5.41) is 4.55. The molecule has 3 rings (SSSR count). The number of imide groups is 1. The van der Waals surface area contributed by atoms with Gasteiger partial charge in [-0.05, 0) is 42.0 Å². The number of amides is 3. The van der Waals surface area contributed by atoms with Crippen molar-refractivity contribution < 1.29 is 23.5 Å². The number of benzene rings is 2. The maximum atomic E-state index is 13.0. The number of nitrogens with one attached hydrogen (secondary N) is 2. The van der Waals surface area contributed by atoms with Crippen LogP contribution in [0.2, 0.25) is 0 Å². The second-order valence-corrected chi connectivity index (χ2v) is 5.29. The average molecular weight is 342 g/mol. The summed E-state index contributed by atoms with van der Waals surface area (Å²) < 4.78 is 23.9. The molecular formula is C18H15FN2O4. The second-order valence-electron chi connectivity index (χ2n) is 5.29. The lowest BCUT2D eigenvalue weighted by Crippen LogP contribution is -2.22. The van der Waals surface area contributed by atoms with E-state index in [1.54, 1.807) is 30.3 Å². The molecule has 6 nitrogen and oxygen atoms in total. The molecule has 25 heavy (non-hydrogen) atoms. The zero-order chi connectivity index (χ0) is 17.8. The summed E-state index contributed by atoms with van der Waals surface area (Å²) in [7, 11) is 1.52. The lowest BCUT2D eigenvalue weighted by atomic mass is 10.1. The van der Waals surface area contributed by atoms with Gasteiger partial charge in [0.05, 0.1) is 7.11 Å². The number of halogens is 1. The van der Waals surface area contributed by atoms with Crippen LogP contribution in [0, 0.1) is 5.82 Å². The molecule has 0 aromatic heterocycles.